The highest BCUT2D eigenvalue weighted by Crippen LogP contribution is 2.20. The number of nitrogens with zero attached hydrogens (tertiary/aromatic N) is 1. The Hall–Kier alpha value is -3.66. The summed E-state index contributed by atoms with van der Waals surface area (Å²) in [5.41, 5.74) is -2.12. The Kier molecular flexibility index (Phi) is 5.71. The number of rotatable bonds is 7. The smallest absolute Gasteiger partial charge is 0.378 e. The first-order valence-corrected chi connectivity index (χ1v) is 7.76. The molecule has 1 atom stereocenters. The van der Waals surface area contributed by atoms with Crippen molar-refractivity contribution in [2.24, 2.45) is 0 Å². The summed E-state index contributed by atoms with van der Waals surface area (Å²) in [6.07, 6.45) is -0.160. The Balaban J connectivity index is 2.39. The fraction of sp³-hybridized carbons (Fsp3) is 0.158. The van der Waals surface area contributed by atoms with E-state index in [2.05, 4.69) is 5.32 Å². The first-order valence-electron chi connectivity index (χ1n) is 7.76. The molecule has 0 spiro atoms. The lowest BCUT2D eigenvalue weighted by molar-refractivity contribution is -0.164. The molecule has 0 bridgehead atoms. The van der Waals surface area contributed by atoms with E-state index in [1.165, 1.54) is 43.3 Å². The van der Waals surface area contributed by atoms with Crippen LogP contribution in [-0.4, -0.2) is 28.5 Å². The van der Waals surface area contributed by atoms with Gasteiger partial charge in [0.05, 0.1) is 11.6 Å². The Morgan fingerprint density at radius 2 is 1.73 bits per heavy atom. The van der Waals surface area contributed by atoms with E-state index in [1.54, 1.807) is 18.2 Å². The molecule has 2 rings (SSSR count). The number of ether oxygens (including phenoxy) is 1. The molecule has 2 N–H and O–H groups in total. The van der Waals surface area contributed by atoms with Crippen molar-refractivity contribution >= 4 is 17.7 Å². The van der Waals surface area contributed by atoms with E-state index in [0.717, 1.165) is 0 Å². The first kappa shape index (κ1) is 18.7. The number of para-hydroxylation sites is 1. The number of carboxylic acid groups (broad SMARTS) is 1. The number of carboxylic acids is 1. The van der Waals surface area contributed by atoms with Crippen LogP contribution in [-0.2, 0) is 9.59 Å². The van der Waals surface area contributed by atoms with Gasteiger partial charge in [0.1, 0.15) is 5.75 Å². The number of nitriles is 1. The maximum Gasteiger partial charge on any atom is 0.378 e. The number of nitrogens with one attached hydrogen (secondary N) is 1. The predicted molar refractivity (Wildman–Crippen MR) is 91.4 cm³/mol. The van der Waals surface area contributed by atoms with Gasteiger partial charge in [-0.25, -0.2) is 4.79 Å². The molecule has 26 heavy (non-hydrogen) atoms. The van der Waals surface area contributed by atoms with Crippen LogP contribution in [0.25, 0.3) is 0 Å². The number of hydrogen-bond acceptors (Lipinski definition) is 5. The van der Waals surface area contributed by atoms with Gasteiger partial charge in [-0.2, -0.15) is 5.26 Å². The van der Waals surface area contributed by atoms with Crippen LogP contribution in [0.2, 0.25) is 0 Å². The summed E-state index contributed by atoms with van der Waals surface area (Å²) in [6.45, 7) is 1.47. The average molecular weight is 352 g/mol. The third kappa shape index (κ3) is 3.87. The van der Waals surface area contributed by atoms with Gasteiger partial charge in [0.15, 0.2) is 0 Å². The second-order valence-corrected chi connectivity index (χ2v) is 5.32. The molecule has 0 fully saturated rings. The van der Waals surface area contributed by atoms with E-state index in [4.69, 9.17) is 10.00 Å². The van der Waals surface area contributed by atoms with Gasteiger partial charge in [0, 0.05) is 12.0 Å². The predicted octanol–water partition coefficient (Wildman–Crippen LogP) is 2.13. The second kappa shape index (κ2) is 7.94. The highest BCUT2D eigenvalue weighted by molar-refractivity contribution is 6.10. The maximum atomic E-state index is 12.5. The molecule has 7 nitrogen and oxygen atoms in total. The van der Waals surface area contributed by atoms with Crippen molar-refractivity contribution < 1.29 is 24.2 Å². The number of amides is 1. The van der Waals surface area contributed by atoms with Crippen molar-refractivity contribution in [3.8, 4) is 11.8 Å². The molecule has 0 saturated carbocycles. The normalized spacial score (nSPS) is 12.3. The molecule has 0 aliphatic rings. The molecule has 7 heteroatoms. The monoisotopic (exact) mass is 352 g/mol. The summed E-state index contributed by atoms with van der Waals surface area (Å²) in [7, 11) is 0. The molecule has 0 aromatic heterocycles. The summed E-state index contributed by atoms with van der Waals surface area (Å²) in [6, 6.07) is 15.3. The number of benzene rings is 2. The number of hydrogen-bond donors (Lipinski definition) is 2. The third-order valence-corrected chi connectivity index (χ3v) is 3.59. The van der Waals surface area contributed by atoms with Crippen molar-refractivity contribution in [3.63, 3.8) is 0 Å². The average Bonchev–Trinajstić information content (AvgIpc) is 2.67. The van der Waals surface area contributed by atoms with Crippen molar-refractivity contribution in [3.05, 3.63) is 65.7 Å². The molecule has 2 aromatic carbocycles. The Bertz CT molecular complexity index is 856. The Labute approximate surface area is 149 Å². The van der Waals surface area contributed by atoms with E-state index in [1.807, 2.05) is 6.07 Å². The van der Waals surface area contributed by atoms with Crippen LogP contribution in [0.15, 0.2) is 54.6 Å². The second-order valence-electron chi connectivity index (χ2n) is 5.32. The summed E-state index contributed by atoms with van der Waals surface area (Å²) >= 11 is 0. The van der Waals surface area contributed by atoms with E-state index >= 15 is 0 Å². The molecule has 132 valence electrons. The molecule has 0 aliphatic carbocycles. The molecule has 0 heterocycles. The van der Waals surface area contributed by atoms with Gasteiger partial charge >= 0.3 is 11.7 Å². The highest BCUT2D eigenvalue weighted by atomic mass is 16.5. The lowest BCUT2D eigenvalue weighted by atomic mass is 10.0. The minimum atomic E-state index is -2.55. The van der Waals surface area contributed by atoms with Crippen molar-refractivity contribution in [2.75, 3.05) is 0 Å². The molecule has 0 radical (unpaired) electrons. The summed E-state index contributed by atoms with van der Waals surface area (Å²) in [5, 5.41) is 20.7. The summed E-state index contributed by atoms with van der Waals surface area (Å²) in [5.74, 6) is -3.13. The standard InChI is InChI=1S/C19H16N2O5/c1-2-16(22)19(18(24)25,26-15-6-4-3-5-7-15)21-17(23)14-10-8-13(12-20)9-11-14/h3-11H,2H2,1H3,(H,21,23)(H,24,25). The zero-order chi connectivity index (χ0) is 19.2. The van der Waals surface area contributed by atoms with Crippen LogP contribution in [0.1, 0.15) is 29.3 Å². The molecule has 0 saturated heterocycles. The number of carbonyl (C=O) groups excluding carboxylic acids is 2. The van der Waals surface area contributed by atoms with Gasteiger partial charge in [0.25, 0.3) is 5.91 Å². The SMILES string of the molecule is CCC(=O)C(NC(=O)c1ccc(C#N)cc1)(Oc1ccccc1)C(=O)O. The van der Waals surface area contributed by atoms with E-state index < -0.39 is 23.4 Å². The van der Waals surface area contributed by atoms with Gasteiger partial charge in [-0.3, -0.25) is 14.9 Å². The summed E-state index contributed by atoms with van der Waals surface area (Å²) < 4.78 is 5.42. The Morgan fingerprint density at radius 1 is 1.12 bits per heavy atom. The zero-order valence-corrected chi connectivity index (χ0v) is 13.9. The van der Waals surface area contributed by atoms with Crippen LogP contribution in [0, 0.1) is 11.3 Å². The van der Waals surface area contributed by atoms with Gasteiger partial charge in [0.2, 0.25) is 5.78 Å². The lowest BCUT2D eigenvalue weighted by Crippen LogP contribution is -2.64. The molecular formula is C19H16N2O5. The van der Waals surface area contributed by atoms with Crippen LogP contribution >= 0.6 is 0 Å². The lowest BCUT2D eigenvalue weighted by Gasteiger charge is -2.29. The largest absolute Gasteiger partial charge is 0.476 e. The van der Waals surface area contributed by atoms with E-state index in [9.17, 15) is 19.5 Å². The number of ketones is 1. The van der Waals surface area contributed by atoms with Crippen LogP contribution < -0.4 is 10.1 Å². The van der Waals surface area contributed by atoms with Gasteiger partial charge in [-0.05, 0) is 36.4 Å². The van der Waals surface area contributed by atoms with Crippen molar-refractivity contribution in [1.29, 1.82) is 5.26 Å². The minimum absolute atomic E-state index is 0.0928. The molecule has 2 aromatic rings. The summed E-state index contributed by atoms with van der Waals surface area (Å²) in [4.78, 5) is 36.8. The zero-order valence-electron chi connectivity index (χ0n) is 13.9. The third-order valence-electron chi connectivity index (χ3n) is 3.59. The molecule has 1 amide bonds. The minimum Gasteiger partial charge on any atom is -0.476 e. The maximum absolute atomic E-state index is 12.5. The first-order chi connectivity index (χ1) is 12.4. The van der Waals surface area contributed by atoms with E-state index in [0.29, 0.717) is 5.56 Å². The fourth-order valence-corrected chi connectivity index (χ4v) is 2.21. The fourth-order valence-electron chi connectivity index (χ4n) is 2.21. The number of aliphatic carboxylic acids is 1. The quantitative estimate of drug-likeness (QED) is 0.582. The van der Waals surface area contributed by atoms with Crippen LogP contribution in [0.5, 0.6) is 5.75 Å². The van der Waals surface area contributed by atoms with Crippen molar-refractivity contribution in [1.82, 2.24) is 5.32 Å². The topological polar surface area (TPSA) is 116 Å². The van der Waals surface area contributed by atoms with Crippen LogP contribution in [0.3, 0.4) is 0 Å². The highest BCUT2D eigenvalue weighted by Gasteiger charge is 2.49. The van der Waals surface area contributed by atoms with Gasteiger partial charge in [-0.1, -0.05) is 25.1 Å². The number of carbonyl (C=O) groups is 3. The van der Waals surface area contributed by atoms with Gasteiger partial charge in [-0.15, -0.1) is 0 Å². The van der Waals surface area contributed by atoms with Gasteiger partial charge < -0.3 is 9.84 Å². The van der Waals surface area contributed by atoms with Crippen molar-refractivity contribution in [2.45, 2.75) is 19.1 Å². The number of Topliss-reactive ketones (excluding diaryl/α,β-unsaturated/α-hetero) is 1. The molecule has 0 aliphatic heterocycles. The molecular weight excluding hydrogens is 336 g/mol. The van der Waals surface area contributed by atoms with Crippen LogP contribution in [0.4, 0.5) is 0 Å². The molecule has 1 unspecified atom stereocenters. The Morgan fingerprint density at radius 3 is 2.23 bits per heavy atom. The van der Waals surface area contributed by atoms with E-state index in [-0.39, 0.29) is 17.7 Å².